The fourth-order valence-electron chi connectivity index (χ4n) is 1.26. The average Bonchev–Trinajstić information content (AvgIpc) is 2.25. The molecule has 0 aromatic heterocycles. The van der Waals surface area contributed by atoms with E-state index < -0.39 is 0 Å². The van der Waals surface area contributed by atoms with Gasteiger partial charge in [0, 0.05) is 30.2 Å². The molecular weight excluding hydrogens is 209 g/mol. The number of aliphatic hydroxyl groups is 1. The van der Waals surface area contributed by atoms with Crippen LogP contribution in [0.2, 0.25) is 0 Å². The fraction of sp³-hybridized carbons (Fsp3) is 0.500. The van der Waals surface area contributed by atoms with Crippen molar-refractivity contribution in [3.8, 4) is 5.75 Å². The Morgan fingerprint density at radius 1 is 1.44 bits per heavy atom. The Bertz CT molecular complexity index is 342. The molecule has 4 heteroatoms. The lowest BCUT2D eigenvalue weighted by atomic mass is 10.1. The molecule has 0 spiro atoms. The van der Waals surface area contributed by atoms with Crippen molar-refractivity contribution in [3.63, 3.8) is 0 Å². The van der Waals surface area contributed by atoms with Gasteiger partial charge in [0.25, 0.3) is 0 Å². The Hall–Kier alpha value is -1.13. The maximum absolute atomic E-state index is 13.5. The standard InChI is InChI=1S/C12H18FNO2/c1-8(6-15)7-16-10-3-4-11(9(2)14)12(13)5-10/h3-5,8-9,15H,6-7,14H2,1-2H3/t8?,9-/m0/s1. The Morgan fingerprint density at radius 2 is 2.12 bits per heavy atom. The molecule has 1 aromatic carbocycles. The molecule has 0 bridgehead atoms. The van der Waals surface area contributed by atoms with Crippen LogP contribution < -0.4 is 10.5 Å². The summed E-state index contributed by atoms with van der Waals surface area (Å²) in [5.41, 5.74) is 6.07. The van der Waals surface area contributed by atoms with E-state index >= 15 is 0 Å². The van der Waals surface area contributed by atoms with Crippen LogP contribution in [-0.2, 0) is 0 Å². The van der Waals surface area contributed by atoms with Crippen LogP contribution in [0.15, 0.2) is 18.2 Å². The number of aliphatic hydroxyl groups excluding tert-OH is 1. The summed E-state index contributed by atoms with van der Waals surface area (Å²) in [6, 6.07) is 4.30. The minimum atomic E-state index is -0.357. The number of ether oxygens (including phenoxy) is 1. The smallest absolute Gasteiger partial charge is 0.131 e. The van der Waals surface area contributed by atoms with Crippen LogP contribution in [0.5, 0.6) is 5.75 Å². The van der Waals surface area contributed by atoms with Crippen molar-refractivity contribution in [2.45, 2.75) is 19.9 Å². The summed E-state index contributed by atoms with van der Waals surface area (Å²) in [6.07, 6.45) is 0. The van der Waals surface area contributed by atoms with Crippen LogP contribution in [-0.4, -0.2) is 18.3 Å². The van der Waals surface area contributed by atoms with E-state index in [1.807, 2.05) is 6.92 Å². The summed E-state index contributed by atoms with van der Waals surface area (Å²) in [7, 11) is 0. The molecule has 1 unspecified atom stereocenters. The molecule has 2 atom stereocenters. The van der Waals surface area contributed by atoms with E-state index in [0.717, 1.165) is 0 Å². The van der Waals surface area contributed by atoms with E-state index in [1.54, 1.807) is 19.1 Å². The van der Waals surface area contributed by atoms with Crippen molar-refractivity contribution in [2.24, 2.45) is 11.7 Å². The van der Waals surface area contributed by atoms with Gasteiger partial charge in [-0.2, -0.15) is 0 Å². The number of halogens is 1. The quantitative estimate of drug-likeness (QED) is 0.807. The molecule has 0 aliphatic carbocycles. The molecular formula is C12H18FNO2. The summed E-state index contributed by atoms with van der Waals surface area (Å²) in [5.74, 6) is 0.141. The van der Waals surface area contributed by atoms with Gasteiger partial charge in [-0.1, -0.05) is 13.0 Å². The second-order valence-electron chi connectivity index (χ2n) is 4.07. The first-order valence-electron chi connectivity index (χ1n) is 5.33. The van der Waals surface area contributed by atoms with Gasteiger partial charge in [-0.15, -0.1) is 0 Å². The third-order valence-electron chi connectivity index (χ3n) is 2.31. The molecule has 0 amide bonds. The van der Waals surface area contributed by atoms with Gasteiger partial charge in [-0.05, 0) is 13.0 Å². The molecule has 0 aliphatic rings. The van der Waals surface area contributed by atoms with E-state index in [9.17, 15) is 4.39 Å². The lowest BCUT2D eigenvalue weighted by Crippen LogP contribution is -2.12. The molecule has 90 valence electrons. The van der Waals surface area contributed by atoms with Crippen LogP contribution in [0.1, 0.15) is 25.5 Å². The zero-order valence-electron chi connectivity index (χ0n) is 9.61. The first-order valence-corrected chi connectivity index (χ1v) is 5.33. The van der Waals surface area contributed by atoms with Crippen LogP contribution in [0.25, 0.3) is 0 Å². The van der Waals surface area contributed by atoms with E-state index in [1.165, 1.54) is 6.07 Å². The maximum Gasteiger partial charge on any atom is 0.131 e. The topological polar surface area (TPSA) is 55.5 Å². The summed E-state index contributed by atoms with van der Waals surface area (Å²) in [6.45, 7) is 4.01. The Labute approximate surface area is 95.0 Å². The van der Waals surface area contributed by atoms with Gasteiger partial charge < -0.3 is 15.6 Å². The van der Waals surface area contributed by atoms with Gasteiger partial charge >= 0.3 is 0 Å². The molecule has 3 nitrogen and oxygen atoms in total. The number of hydrogen-bond acceptors (Lipinski definition) is 3. The summed E-state index contributed by atoms with van der Waals surface area (Å²) in [4.78, 5) is 0. The number of nitrogens with two attached hydrogens (primary N) is 1. The molecule has 1 rings (SSSR count). The van der Waals surface area contributed by atoms with Gasteiger partial charge in [0.05, 0.1) is 6.61 Å². The SMILES string of the molecule is CC(CO)COc1ccc([C@H](C)N)c(F)c1. The third kappa shape index (κ3) is 3.47. The number of rotatable bonds is 5. The van der Waals surface area contributed by atoms with Gasteiger partial charge in [-0.3, -0.25) is 0 Å². The summed E-state index contributed by atoms with van der Waals surface area (Å²) >= 11 is 0. The predicted molar refractivity (Wildman–Crippen MR) is 60.7 cm³/mol. The molecule has 0 fully saturated rings. The van der Waals surface area contributed by atoms with Crippen LogP contribution in [0.4, 0.5) is 4.39 Å². The molecule has 3 N–H and O–H groups in total. The van der Waals surface area contributed by atoms with E-state index in [2.05, 4.69) is 0 Å². The highest BCUT2D eigenvalue weighted by molar-refractivity contribution is 5.30. The molecule has 0 radical (unpaired) electrons. The Balaban J connectivity index is 2.66. The predicted octanol–water partition coefficient (Wildman–Crippen LogP) is 1.85. The van der Waals surface area contributed by atoms with Crippen LogP contribution >= 0.6 is 0 Å². The number of benzene rings is 1. The third-order valence-corrected chi connectivity index (χ3v) is 2.31. The fourth-order valence-corrected chi connectivity index (χ4v) is 1.26. The van der Waals surface area contributed by atoms with Crippen molar-refractivity contribution in [3.05, 3.63) is 29.6 Å². The first-order chi connectivity index (χ1) is 7.54. The molecule has 0 heterocycles. The van der Waals surface area contributed by atoms with E-state index in [4.69, 9.17) is 15.6 Å². The van der Waals surface area contributed by atoms with Crippen molar-refractivity contribution >= 4 is 0 Å². The van der Waals surface area contributed by atoms with Gasteiger partial charge in [0.15, 0.2) is 0 Å². The highest BCUT2D eigenvalue weighted by Crippen LogP contribution is 2.20. The molecule has 1 aromatic rings. The number of hydrogen-bond donors (Lipinski definition) is 2. The normalized spacial score (nSPS) is 14.6. The maximum atomic E-state index is 13.5. The van der Waals surface area contributed by atoms with Gasteiger partial charge in [-0.25, -0.2) is 4.39 Å². The second-order valence-corrected chi connectivity index (χ2v) is 4.07. The second kappa shape index (κ2) is 5.82. The average molecular weight is 227 g/mol. The molecule has 0 saturated heterocycles. The van der Waals surface area contributed by atoms with E-state index in [0.29, 0.717) is 17.9 Å². The molecule has 16 heavy (non-hydrogen) atoms. The highest BCUT2D eigenvalue weighted by Gasteiger charge is 2.08. The Kier molecular flexibility index (Phi) is 4.71. The lowest BCUT2D eigenvalue weighted by molar-refractivity contribution is 0.174. The van der Waals surface area contributed by atoms with Crippen molar-refractivity contribution in [1.29, 1.82) is 0 Å². The van der Waals surface area contributed by atoms with E-state index in [-0.39, 0.29) is 24.4 Å². The lowest BCUT2D eigenvalue weighted by Gasteiger charge is -2.12. The van der Waals surface area contributed by atoms with Gasteiger partial charge in [0.1, 0.15) is 11.6 Å². The Morgan fingerprint density at radius 3 is 2.62 bits per heavy atom. The minimum absolute atomic E-state index is 0.0381. The zero-order valence-corrected chi connectivity index (χ0v) is 9.61. The highest BCUT2D eigenvalue weighted by atomic mass is 19.1. The monoisotopic (exact) mass is 227 g/mol. The molecule has 0 aliphatic heterocycles. The van der Waals surface area contributed by atoms with Gasteiger partial charge in [0.2, 0.25) is 0 Å². The largest absolute Gasteiger partial charge is 0.493 e. The molecule has 0 saturated carbocycles. The first kappa shape index (κ1) is 12.9. The van der Waals surface area contributed by atoms with Crippen molar-refractivity contribution in [2.75, 3.05) is 13.2 Å². The van der Waals surface area contributed by atoms with Crippen LogP contribution in [0, 0.1) is 11.7 Å². The van der Waals surface area contributed by atoms with Crippen LogP contribution in [0.3, 0.4) is 0 Å². The summed E-state index contributed by atoms with van der Waals surface area (Å²) < 4.78 is 18.8. The summed E-state index contributed by atoms with van der Waals surface area (Å²) in [5, 5.41) is 8.81. The van der Waals surface area contributed by atoms with Crippen molar-refractivity contribution < 1.29 is 14.2 Å². The zero-order chi connectivity index (χ0) is 12.1. The van der Waals surface area contributed by atoms with Crippen molar-refractivity contribution in [1.82, 2.24) is 0 Å². The minimum Gasteiger partial charge on any atom is -0.493 e.